The number of para-hydroxylation sites is 1. The van der Waals surface area contributed by atoms with Crippen molar-refractivity contribution in [3.05, 3.63) is 35.6 Å². The fourth-order valence-electron chi connectivity index (χ4n) is 1.95. The van der Waals surface area contributed by atoms with Gasteiger partial charge in [0.2, 0.25) is 0 Å². The summed E-state index contributed by atoms with van der Waals surface area (Å²) in [4.78, 5) is 2.29. The second kappa shape index (κ2) is 6.22. The quantitative estimate of drug-likeness (QED) is 0.605. The summed E-state index contributed by atoms with van der Waals surface area (Å²) in [6.45, 7) is 2.12. The molecule has 1 aliphatic heterocycles. The summed E-state index contributed by atoms with van der Waals surface area (Å²) >= 11 is 0. The summed E-state index contributed by atoms with van der Waals surface area (Å²) in [6, 6.07) is 11.1. The molecule has 1 aromatic carbocycles. The van der Waals surface area contributed by atoms with Crippen LogP contribution in [0.4, 0.5) is 5.69 Å². The number of nitrogens with zero attached hydrogens (tertiary/aromatic N) is 2. The Bertz CT molecular complexity index is 270. The Labute approximate surface area is 104 Å². The Morgan fingerprint density at radius 2 is 2.07 bits per heavy atom. The van der Waals surface area contributed by atoms with E-state index in [1.54, 1.807) is 0 Å². The van der Waals surface area contributed by atoms with Gasteiger partial charge in [-0.05, 0) is 12.1 Å². The molecule has 1 heterocycles. The van der Waals surface area contributed by atoms with Crippen molar-refractivity contribution in [2.45, 2.75) is 18.9 Å². The molecule has 1 aromatic rings. The summed E-state index contributed by atoms with van der Waals surface area (Å²) in [5.74, 6) is 0. The summed E-state index contributed by atoms with van der Waals surface area (Å²) in [5, 5.41) is 4.56. The van der Waals surface area contributed by atoms with Crippen molar-refractivity contribution in [1.29, 1.82) is 0 Å². The third-order valence-corrected chi connectivity index (χ3v) is 2.76. The van der Waals surface area contributed by atoms with E-state index in [4.69, 9.17) is 0 Å². The fourth-order valence-corrected chi connectivity index (χ4v) is 1.95. The molecule has 1 atom stereocenters. The second-order valence-corrected chi connectivity index (χ2v) is 3.92. The Morgan fingerprint density at radius 1 is 1.33 bits per heavy atom. The molecule has 3 heteroatoms. The molecule has 2 nitrogen and oxygen atoms in total. The molecule has 0 radical (unpaired) electrons. The predicted octanol–water partition coefficient (Wildman–Crippen LogP) is -0.337. The number of anilines is 1. The smallest absolute Gasteiger partial charge is 0.658 e. The normalized spacial score (nSPS) is 19.7. The minimum absolute atomic E-state index is 0. The van der Waals surface area contributed by atoms with Gasteiger partial charge in [-0.2, -0.15) is 0 Å². The molecule has 1 saturated heterocycles. The number of likely N-dealkylation sites (N-methyl/N-ethyl adjacent to an activating group) is 1. The van der Waals surface area contributed by atoms with Gasteiger partial charge in [-0.3, -0.25) is 0 Å². The number of hydrogen-bond acceptors (Lipinski definition) is 1. The molecular formula is C12H17LiN2. The Kier molecular flexibility index (Phi) is 5.25. The zero-order chi connectivity index (χ0) is 9.80. The molecular weight excluding hydrogens is 179 g/mol. The first-order valence-corrected chi connectivity index (χ1v) is 5.29. The fraction of sp³-hybridized carbons (Fsp3) is 0.500. The summed E-state index contributed by atoms with van der Waals surface area (Å²) in [6.07, 6.45) is 2.53. The average Bonchev–Trinajstić information content (AvgIpc) is 2.72. The number of hydrogen-bond donors (Lipinski definition) is 0. The summed E-state index contributed by atoms with van der Waals surface area (Å²) < 4.78 is 0. The first kappa shape index (κ1) is 12.6. The van der Waals surface area contributed by atoms with E-state index in [1.807, 2.05) is 0 Å². The van der Waals surface area contributed by atoms with Crippen LogP contribution < -0.4 is 23.8 Å². The maximum Gasteiger partial charge on any atom is 1.00 e. The predicted molar refractivity (Wildman–Crippen MR) is 61.0 cm³/mol. The molecule has 0 spiro atoms. The maximum atomic E-state index is 4.56. The maximum absolute atomic E-state index is 4.56. The molecule has 0 aliphatic carbocycles. The van der Waals surface area contributed by atoms with Crippen LogP contribution in [0.5, 0.6) is 0 Å². The molecule has 0 unspecified atom stereocenters. The standard InChI is InChI=1S/C12H17N2.Li/c1-14(10-11-6-5-9-13-11)12-7-3-2-4-8-12;/h2-4,7-8,11H,5-6,9-10H2,1H3;/q-1;+1/t11-;/m0./s1. The van der Waals surface area contributed by atoms with Gasteiger partial charge in [-0.1, -0.05) is 31.0 Å². The molecule has 0 N–H and O–H groups in total. The number of benzene rings is 1. The van der Waals surface area contributed by atoms with Crippen molar-refractivity contribution in [2.75, 3.05) is 25.0 Å². The van der Waals surface area contributed by atoms with Crippen LogP contribution in [-0.2, 0) is 0 Å². The largest absolute Gasteiger partial charge is 1.00 e. The van der Waals surface area contributed by atoms with E-state index < -0.39 is 0 Å². The summed E-state index contributed by atoms with van der Waals surface area (Å²) in [5.41, 5.74) is 1.29. The molecule has 0 bridgehead atoms. The minimum atomic E-state index is 0. The molecule has 0 saturated carbocycles. The van der Waals surface area contributed by atoms with Gasteiger partial charge in [0.05, 0.1) is 0 Å². The molecule has 0 amide bonds. The van der Waals surface area contributed by atoms with Crippen LogP contribution in [-0.4, -0.2) is 26.2 Å². The van der Waals surface area contributed by atoms with Crippen molar-refractivity contribution < 1.29 is 18.9 Å². The second-order valence-electron chi connectivity index (χ2n) is 3.92. The van der Waals surface area contributed by atoms with Gasteiger partial charge in [-0.25, -0.2) is 0 Å². The van der Waals surface area contributed by atoms with E-state index in [1.165, 1.54) is 18.5 Å². The van der Waals surface area contributed by atoms with Gasteiger partial charge in [0.25, 0.3) is 0 Å². The van der Waals surface area contributed by atoms with Gasteiger partial charge in [-0.15, -0.1) is 12.6 Å². The van der Waals surface area contributed by atoms with Crippen LogP contribution in [0.25, 0.3) is 5.32 Å². The SMILES string of the molecule is CN(C[C@@H]1CCC[N-]1)c1ccccc1.[Li+]. The third kappa shape index (κ3) is 3.57. The van der Waals surface area contributed by atoms with E-state index in [0.29, 0.717) is 6.04 Å². The van der Waals surface area contributed by atoms with Gasteiger partial charge in [0.1, 0.15) is 0 Å². The van der Waals surface area contributed by atoms with Crippen LogP contribution >= 0.6 is 0 Å². The van der Waals surface area contributed by atoms with E-state index in [0.717, 1.165) is 13.1 Å². The van der Waals surface area contributed by atoms with Crippen molar-refractivity contribution in [3.8, 4) is 0 Å². The average molecular weight is 196 g/mol. The number of rotatable bonds is 3. The van der Waals surface area contributed by atoms with Crippen molar-refractivity contribution in [2.24, 2.45) is 0 Å². The zero-order valence-electron chi connectivity index (χ0n) is 9.69. The minimum Gasteiger partial charge on any atom is -0.658 e. The first-order chi connectivity index (χ1) is 6.86. The first-order valence-electron chi connectivity index (χ1n) is 5.29. The summed E-state index contributed by atoms with van der Waals surface area (Å²) in [7, 11) is 2.14. The Hall–Kier alpha value is -0.423. The molecule has 2 rings (SSSR count). The van der Waals surface area contributed by atoms with Gasteiger partial charge >= 0.3 is 18.9 Å². The van der Waals surface area contributed by atoms with Crippen molar-refractivity contribution in [1.82, 2.24) is 0 Å². The van der Waals surface area contributed by atoms with Gasteiger partial charge in [0.15, 0.2) is 0 Å². The molecule has 1 aliphatic rings. The monoisotopic (exact) mass is 196 g/mol. The van der Waals surface area contributed by atoms with Crippen LogP contribution in [0, 0.1) is 0 Å². The van der Waals surface area contributed by atoms with Crippen molar-refractivity contribution in [3.63, 3.8) is 0 Å². The molecule has 1 fully saturated rings. The Balaban J connectivity index is 0.00000112. The van der Waals surface area contributed by atoms with Crippen LogP contribution in [0.3, 0.4) is 0 Å². The van der Waals surface area contributed by atoms with Crippen molar-refractivity contribution >= 4 is 5.69 Å². The van der Waals surface area contributed by atoms with E-state index in [9.17, 15) is 0 Å². The molecule has 76 valence electrons. The van der Waals surface area contributed by atoms with Gasteiger partial charge < -0.3 is 10.2 Å². The third-order valence-electron chi connectivity index (χ3n) is 2.76. The van der Waals surface area contributed by atoms with Crippen LogP contribution in [0.15, 0.2) is 30.3 Å². The van der Waals surface area contributed by atoms with Crippen LogP contribution in [0.1, 0.15) is 12.8 Å². The van der Waals surface area contributed by atoms with Crippen LogP contribution in [0.2, 0.25) is 0 Å². The topological polar surface area (TPSA) is 17.3 Å². The van der Waals surface area contributed by atoms with E-state index in [-0.39, 0.29) is 18.9 Å². The molecule has 15 heavy (non-hydrogen) atoms. The molecule has 0 aromatic heterocycles. The van der Waals surface area contributed by atoms with E-state index >= 15 is 0 Å². The van der Waals surface area contributed by atoms with E-state index in [2.05, 4.69) is 47.6 Å². The Morgan fingerprint density at radius 3 is 2.67 bits per heavy atom. The van der Waals surface area contributed by atoms with Gasteiger partial charge in [0, 0.05) is 19.3 Å². The zero-order valence-corrected chi connectivity index (χ0v) is 9.69.